The van der Waals surface area contributed by atoms with Gasteiger partial charge in [-0.15, -0.1) is 0 Å². The number of carbonyl (C=O) groups excluding carboxylic acids is 1. The van der Waals surface area contributed by atoms with E-state index >= 15 is 0 Å². The van der Waals surface area contributed by atoms with Gasteiger partial charge in [0.1, 0.15) is 11.6 Å². The fourth-order valence-corrected chi connectivity index (χ4v) is 6.34. The molecule has 1 aromatic carbocycles. The van der Waals surface area contributed by atoms with Crippen LogP contribution in [-0.2, 0) is 21.1 Å². The molecular weight excluding hydrogens is 463 g/mol. The van der Waals surface area contributed by atoms with Crippen molar-refractivity contribution in [2.24, 2.45) is 5.92 Å². The molecule has 0 unspecified atom stereocenters. The molecule has 1 amide bonds. The first-order valence-electron chi connectivity index (χ1n) is 11.6. The summed E-state index contributed by atoms with van der Waals surface area (Å²) in [5.74, 6) is 0.380. The lowest BCUT2D eigenvalue weighted by Gasteiger charge is -2.36. The van der Waals surface area contributed by atoms with Gasteiger partial charge in [0.2, 0.25) is 11.0 Å². The predicted octanol–water partition coefficient (Wildman–Crippen LogP) is 3.65. The number of halogens is 1. The third kappa shape index (κ3) is 5.06. The quantitative estimate of drug-likeness (QED) is 0.584. The fraction of sp³-hybridized carbons (Fsp3) is 0.609. The number of likely N-dealkylation sites (tertiary alicyclic amines) is 1. The molecule has 0 N–H and O–H groups in total. The molecule has 180 valence electrons. The molecule has 2 aromatic rings. The third-order valence-electron chi connectivity index (χ3n) is 6.70. The lowest BCUT2D eigenvalue weighted by Crippen LogP contribution is -2.46. The minimum atomic E-state index is -3.45. The second-order valence-electron chi connectivity index (χ2n) is 9.19. The average Bonchev–Trinajstić information content (AvgIpc) is 3.43. The summed E-state index contributed by atoms with van der Waals surface area (Å²) in [4.78, 5) is 22.0. The summed E-state index contributed by atoms with van der Waals surface area (Å²) in [5, 5.41) is 0.951. The molecule has 2 saturated heterocycles. The Labute approximate surface area is 199 Å². The molecule has 2 fully saturated rings. The van der Waals surface area contributed by atoms with Crippen molar-refractivity contribution in [1.29, 1.82) is 0 Å². The first-order chi connectivity index (χ1) is 15.7. The number of benzene rings is 1. The Bertz CT molecular complexity index is 1110. The van der Waals surface area contributed by atoms with Gasteiger partial charge in [-0.1, -0.05) is 26.8 Å². The maximum absolute atomic E-state index is 14.6. The highest BCUT2D eigenvalue weighted by Gasteiger charge is 2.37. The second kappa shape index (κ2) is 9.66. The predicted molar refractivity (Wildman–Crippen MR) is 127 cm³/mol. The molecule has 0 saturated carbocycles. The normalized spacial score (nSPS) is 20.3. The van der Waals surface area contributed by atoms with Crippen molar-refractivity contribution in [2.45, 2.75) is 63.3 Å². The Morgan fingerprint density at radius 3 is 2.52 bits per heavy atom. The van der Waals surface area contributed by atoms with Crippen LogP contribution in [0.3, 0.4) is 0 Å². The molecule has 4 rings (SSSR count). The summed E-state index contributed by atoms with van der Waals surface area (Å²) in [6.07, 6.45) is 2.76. The van der Waals surface area contributed by atoms with E-state index in [-0.39, 0.29) is 28.5 Å². The van der Waals surface area contributed by atoms with Crippen LogP contribution >= 0.6 is 11.5 Å². The van der Waals surface area contributed by atoms with Gasteiger partial charge < -0.3 is 9.80 Å². The molecule has 10 heteroatoms. The van der Waals surface area contributed by atoms with Crippen LogP contribution in [0.5, 0.6) is 0 Å². The monoisotopic (exact) mass is 494 g/mol. The zero-order valence-corrected chi connectivity index (χ0v) is 21.0. The molecule has 0 aliphatic carbocycles. The highest BCUT2D eigenvalue weighted by atomic mass is 32.2. The van der Waals surface area contributed by atoms with Crippen molar-refractivity contribution >= 4 is 32.4 Å². The van der Waals surface area contributed by atoms with Gasteiger partial charge in [0.15, 0.2) is 9.84 Å². The van der Waals surface area contributed by atoms with E-state index in [2.05, 4.69) is 28.1 Å². The smallest absolute Gasteiger partial charge is 0.226 e. The van der Waals surface area contributed by atoms with Gasteiger partial charge in [-0.05, 0) is 43.4 Å². The van der Waals surface area contributed by atoms with Crippen molar-refractivity contribution in [3.8, 4) is 0 Å². The van der Waals surface area contributed by atoms with Crippen LogP contribution in [0.4, 0.5) is 9.52 Å². The van der Waals surface area contributed by atoms with Crippen molar-refractivity contribution in [1.82, 2.24) is 14.3 Å². The molecule has 7 nitrogen and oxygen atoms in total. The molecule has 2 aliphatic rings. The summed E-state index contributed by atoms with van der Waals surface area (Å²) in [5.41, 5.74) is 0.400. The highest BCUT2D eigenvalue weighted by molar-refractivity contribution is 7.91. The van der Waals surface area contributed by atoms with Crippen molar-refractivity contribution in [2.75, 3.05) is 30.3 Å². The van der Waals surface area contributed by atoms with Crippen LogP contribution in [-0.4, -0.2) is 60.0 Å². The number of carbonyl (C=O) groups is 1. The Balaban J connectivity index is 1.35. The molecule has 1 atom stereocenters. The second-order valence-corrected chi connectivity index (χ2v) is 12.2. The van der Waals surface area contributed by atoms with E-state index < -0.39 is 15.7 Å². The summed E-state index contributed by atoms with van der Waals surface area (Å²) >= 11 is 1.44. The Morgan fingerprint density at radius 1 is 1.18 bits per heavy atom. The van der Waals surface area contributed by atoms with Gasteiger partial charge in [0, 0.05) is 49.0 Å². The van der Waals surface area contributed by atoms with Crippen LogP contribution in [0.25, 0.3) is 0 Å². The van der Waals surface area contributed by atoms with Crippen molar-refractivity contribution in [3.63, 3.8) is 0 Å². The highest BCUT2D eigenvalue weighted by Crippen LogP contribution is 2.31. The number of sulfone groups is 1. The van der Waals surface area contributed by atoms with Gasteiger partial charge in [-0.2, -0.15) is 4.37 Å². The summed E-state index contributed by atoms with van der Waals surface area (Å²) in [6.45, 7) is 8.08. The SMILES string of the molecule is CCS(=O)(=O)c1ccc(C[C@H]2CCN(C3CCN(c4nc(C(C)C)ns4)CC3)C2=O)c(F)c1. The standard InChI is InChI=1S/C23H31FN4O3S2/c1-4-33(30,31)19-6-5-16(20(24)14-19)13-17-7-12-28(22(17)29)18-8-10-27(11-9-18)23-25-21(15(2)3)26-32-23/h5-6,14-15,17-18H,4,7-13H2,1-3H3/t17-/m1/s1. The zero-order valence-electron chi connectivity index (χ0n) is 19.3. The van der Waals surface area contributed by atoms with Gasteiger partial charge in [-0.3, -0.25) is 4.79 Å². The van der Waals surface area contributed by atoms with Crippen LogP contribution in [0, 0.1) is 11.7 Å². The van der Waals surface area contributed by atoms with E-state index in [1.165, 1.54) is 30.6 Å². The van der Waals surface area contributed by atoms with Crippen LogP contribution in [0.1, 0.15) is 57.3 Å². The Kier molecular flexibility index (Phi) is 7.04. The minimum absolute atomic E-state index is 0.00618. The lowest BCUT2D eigenvalue weighted by molar-refractivity contribution is -0.133. The lowest BCUT2D eigenvalue weighted by atomic mass is 9.97. The molecule has 2 aliphatic heterocycles. The molecule has 1 aromatic heterocycles. The summed E-state index contributed by atoms with van der Waals surface area (Å²) < 4.78 is 43.0. The third-order valence-corrected chi connectivity index (χ3v) is 9.23. The fourth-order valence-electron chi connectivity index (χ4n) is 4.59. The molecule has 0 radical (unpaired) electrons. The first-order valence-corrected chi connectivity index (χ1v) is 14.0. The number of hydrogen-bond acceptors (Lipinski definition) is 7. The molecule has 33 heavy (non-hydrogen) atoms. The maximum atomic E-state index is 14.6. The Morgan fingerprint density at radius 2 is 1.91 bits per heavy atom. The van der Waals surface area contributed by atoms with E-state index in [9.17, 15) is 17.6 Å². The van der Waals surface area contributed by atoms with Gasteiger partial charge >= 0.3 is 0 Å². The largest absolute Gasteiger partial charge is 0.347 e. The van der Waals surface area contributed by atoms with E-state index in [4.69, 9.17) is 0 Å². The number of aromatic nitrogens is 2. The van der Waals surface area contributed by atoms with Gasteiger partial charge in [0.05, 0.1) is 10.6 Å². The maximum Gasteiger partial charge on any atom is 0.226 e. The first kappa shape index (κ1) is 24.1. The number of nitrogens with zero attached hydrogens (tertiary/aromatic N) is 4. The van der Waals surface area contributed by atoms with Crippen LogP contribution < -0.4 is 4.90 Å². The summed E-state index contributed by atoms with van der Waals surface area (Å²) in [6, 6.07) is 4.24. The molecule has 0 bridgehead atoms. The van der Waals surface area contributed by atoms with Crippen LogP contribution in [0.2, 0.25) is 0 Å². The molecule has 3 heterocycles. The number of anilines is 1. The van der Waals surface area contributed by atoms with Crippen LogP contribution in [0.15, 0.2) is 23.1 Å². The Hall–Kier alpha value is -2.07. The molecule has 0 spiro atoms. The number of rotatable bonds is 7. The zero-order chi connectivity index (χ0) is 23.8. The van der Waals surface area contributed by atoms with Crippen molar-refractivity contribution < 1.29 is 17.6 Å². The van der Waals surface area contributed by atoms with Gasteiger partial charge in [-0.25, -0.2) is 17.8 Å². The average molecular weight is 495 g/mol. The van der Waals surface area contributed by atoms with E-state index in [1.807, 2.05) is 4.90 Å². The summed E-state index contributed by atoms with van der Waals surface area (Å²) in [7, 11) is -3.45. The molecular formula is C23H31FN4O3S2. The van der Waals surface area contributed by atoms with E-state index in [0.29, 0.717) is 30.9 Å². The number of amides is 1. The number of hydrogen-bond donors (Lipinski definition) is 0. The van der Waals surface area contributed by atoms with E-state index in [1.54, 1.807) is 0 Å². The van der Waals surface area contributed by atoms with Gasteiger partial charge in [0.25, 0.3) is 0 Å². The van der Waals surface area contributed by atoms with Crippen molar-refractivity contribution in [3.05, 3.63) is 35.4 Å². The number of piperidine rings is 1. The van der Waals surface area contributed by atoms with E-state index in [0.717, 1.165) is 43.0 Å². The topological polar surface area (TPSA) is 83.5 Å². The minimum Gasteiger partial charge on any atom is -0.347 e.